The maximum atomic E-state index is 5.70. The summed E-state index contributed by atoms with van der Waals surface area (Å²) in [6, 6.07) is 8.03. The molecule has 1 aromatic carbocycles. The number of nitrogens with zero attached hydrogens (tertiary/aromatic N) is 2. The van der Waals surface area contributed by atoms with Gasteiger partial charge in [0.2, 0.25) is 0 Å². The zero-order valence-corrected chi connectivity index (χ0v) is 18.2. The van der Waals surface area contributed by atoms with E-state index in [1.54, 1.807) is 6.08 Å². The molecule has 1 aliphatic rings. The van der Waals surface area contributed by atoms with Crippen molar-refractivity contribution in [2.45, 2.75) is 32.7 Å². The van der Waals surface area contributed by atoms with Gasteiger partial charge in [0.25, 0.3) is 0 Å². The fourth-order valence-corrected chi connectivity index (χ4v) is 2.95. The standard InChI is InChI=1S/C20H32N4O.HI/c1-3-16-25-19-11-6-5-10-18(19)17-23-20(21-4-2)22-12-9-15-24-13-7-8-14-24;/h3,5-6,10-11H,1,4,7-9,12-17H2,2H3,(H2,21,22,23);1H. The van der Waals surface area contributed by atoms with Crippen molar-refractivity contribution in [1.82, 2.24) is 15.5 Å². The summed E-state index contributed by atoms with van der Waals surface area (Å²) in [6.45, 7) is 12.4. The first-order chi connectivity index (χ1) is 12.3. The normalized spacial score (nSPS) is 14.6. The summed E-state index contributed by atoms with van der Waals surface area (Å²) in [5.41, 5.74) is 1.08. The van der Waals surface area contributed by atoms with Crippen molar-refractivity contribution < 1.29 is 4.74 Å². The van der Waals surface area contributed by atoms with Crippen molar-refractivity contribution >= 4 is 29.9 Å². The van der Waals surface area contributed by atoms with E-state index in [1.165, 1.54) is 32.5 Å². The molecule has 0 saturated carbocycles. The minimum absolute atomic E-state index is 0. The Morgan fingerprint density at radius 3 is 2.77 bits per heavy atom. The Morgan fingerprint density at radius 1 is 1.27 bits per heavy atom. The highest BCUT2D eigenvalue weighted by molar-refractivity contribution is 14.0. The molecular formula is C20H33IN4O. The van der Waals surface area contributed by atoms with Crippen molar-refractivity contribution in [3.8, 4) is 5.75 Å². The van der Waals surface area contributed by atoms with E-state index in [9.17, 15) is 0 Å². The fourth-order valence-electron chi connectivity index (χ4n) is 2.95. The molecule has 1 saturated heterocycles. The number of nitrogens with one attached hydrogen (secondary N) is 2. The third kappa shape index (κ3) is 8.40. The lowest BCUT2D eigenvalue weighted by molar-refractivity contribution is 0.334. The van der Waals surface area contributed by atoms with Gasteiger partial charge in [-0.05, 0) is 51.9 Å². The molecular weight excluding hydrogens is 439 g/mol. The van der Waals surface area contributed by atoms with Gasteiger partial charge in [0.15, 0.2) is 5.96 Å². The van der Waals surface area contributed by atoms with Gasteiger partial charge in [-0.1, -0.05) is 30.9 Å². The van der Waals surface area contributed by atoms with Gasteiger partial charge in [-0.3, -0.25) is 0 Å². The molecule has 0 radical (unpaired) electrons. The van der Waals surface area contributed by atoms with Crippen LogP contribution in [0.2, 0.25) is 0 Å². The first-order valence-corrected chi connectivity index (χ1v) is 9.39. The zero-order valence-electron chi connectivity index (χ0n) is 15.9. The van der Waals surface area contributed by atoms with E-state index in [4.69, 9.17) is 9.73 Å². The third-order valence-electron chi connectivity index (χ3n) is 4.22. The number of para-hydroxylation sites is 1. The van der Waals surface area contributed by atoms with Crippen LogP contribution in [0.15, 0.2) is 41.9 Å². The highest BCUT2D eigenvalue weighted by Crippen LogP contribution is 2.18. The van der Waals surface area contributed by atoms with Gasteiger partial charge in [-0.2, -0.15) is 0 Å². The van der Waals surface area contributed by atoms with Crippen LogP contribution in [0.25, 0.3) is 0 Å². The largest absolute Gasteiger partial charge is 0.489 e. The molecule has 0 aromatic heterocycles. The van der Waals surface area contributed by atoms with E-state index in [-0.39, 0.29) is 24.0 Å². The second kappa shape index (κ2) is 13.9. The Kier molecular flexibility index (Phi) is 12.1. The van der Waals surface area contributed by atoms with E-state index < -0.39 is 0 Å². The van der Waals surface area contributed by atoms with Gasteiger partial charge < -0.3 is 20.3 Å². The van der Waals surface area contributed by atoms with Gasteiger partial charge >= 0.3 is 0 Å². The Labute approximate surface area is 175 Å². The van der Waals surface area contributed by atoms with Crippen molar-refractivity contribution in [2.75, 3.05) is 39.3 Å². The second-order valence-corrected chi connectivity index (χ2v) is 6.23. The topological polar surface area (TPSA) is 48.9 Å². The molecule has 0 amide bonds. The molecule has 0 spiro atoms. The molecule has 0 bridgehead atoms. The number of hydrogen-bond donors (Lipinski definition) is 2. The van der Waals surface area contributed by atoms with Crippen LogP contribution in [-0.4, -0.2) is 50.2 Å². The highest BCUT2D eigenvalue weighted by Gasteiger charge is 2.10. The molecule has 1 heterocycles. The SMILES string of the molecule is C=CCOc1ccccc1CN=C(NCC)NCCCN1CCCC1.I. The molecule has 1 aromatic rings. The summed E-state index contributed by atoms with van der Waals surface area (Å²) in [7, 11) is 0. The molecule has 26 heavy (non-hydrogen) atoms. The van der Waals surface area contributed by atoms with E-state index in [0.717, 1.165) is 36.8 Å². The number of hydrogen-bond acceptors (Lipinski definition) is 3. The quantitative estimate of drug-likeness (QED) is 0.180. The number of benzene rings is 1. The minimum Gasteiger partial charge on any atom is -0.489 e. The zero-order chi connectivity index (χ0) is 17.7. The van der Waals surface area contributed by atoms with Crippen molar-refractivity contribution in [3.63, 3.8) is 0 Å². The summed E-state index contributed by atoms with van der Waals surface area (Å²) in [4.78, 5) is 7.24. The monoisotopic (exact) mass is 472 g/mol. The molecule has 1 fully saturated rings. The van der Waals surface area contributed by atoms with E-state index >= 15 is 0 Å². The first-order valence-electron chi connectivity index (χ1n) is 9.39. The van der Waals surface area contributed by atoms with Crippen LogP contribution in [0.4, 0.5) is 0 Å². The number of guanidine groups is 1. The lowest BCUT2D eigenvalue weighted by atomic mass is 10.2. The van der Waals surface area contributed by atoms with Gasteiger partial charge in [0, 0.05) is 18.7 Å². The molecule has 2 rings (SSSR count). The molecule has 2 N–H and O–H groups in total. The molecule has 0 atom stereocenters. The molecule has 1 aliphatic heterocycles. The summed E-state index contributed by atoms with van der Waals surface area (Å²) in [6.07, 6.45) is 5.60. The minimum atomic E-state index is 0. The van der Waals surface area contributed by atoms with Crippen LogP contribution >= 0.6 is 24.0 Å². The van der Waals surface area contributed by atoms with E-state index in [0.29, 0.717) is 13.2 Å². The number of ether oxygens (including phenoxy) is 1. The Balaban J connectivity index is 0.00000338. The molecule has 5 nitrogen and oxygen atoms in total. The van der Waals surface area contributed by atoms with Gasteiger partial charge in [0.1, 0.15) is 12.4 Å². The lowest BCUT2D eigenvalue weighted by Crippen LogP contribution is -2.38. The predicted molar refractivity (Wildman–Crippen MR) is 121 cm³/mol. The molecule has 6 heteroatoms. The highest BCUT2D eigenvalue weighted by atomic mass is 127. The third-order valence-corrected chi connectivity index (χ3v) is 4.22. The number of aliphatic imine (C=N–C) groups is 1. The average Bonchev–Trinajstić information content (AvgIpc) is 3.15. The number of likely N-dealkylation sites (tertiary alicyclic amines) is 1. The van der Waals surface area contributed by atoms with Crippen LogP contribution < -0.4 is 15.4 Å². The van der Waals surface area contributed by atoms with Crippen molar-refractivity contribution in [3.05, 3.63) is 42.5 Å². The van der Waals surface area contributed by atoms with E-state index in [2.05, 4.69) is 35.1 Å². The van der Waals surface area contributed by atoms with Gasteiger partial charge in [0.05, 0.1) is 6.54 Å². The van der Waals surface area contributed by atoms with Crippen LogP contribution in [0.1, 0.15) is 31.7 Å². The van der Waals surface area contributed by atoms with Crippen LogP contribution in [0, 0.1) is 0 Å². The summed E-state index contributed by atoms with van der Waals surface area (Å²) < 4.78 is 5.70. The predicted octanol–water partition coefficient (Wildman–Crippen LogP) is 3.41. The lowest BCUT2D eigenvalue weighted by Gasteiger charge is -2.16. The molecule has 0 unspecified atom stereocenters. The van der Waals surface area contributed by atoms with Crippen LogP contribution in [-0.2, 0) is 6.54 Å². The van der Waals surface area contributed by atoms with Crippen LogP contribution in [0.3, 0.4) is 0 Å². The van der Waals surface area contributed by atoms with E-state index in [1.807, 2.05) is 18.2 Å². The van der Waals surface area contributed by atoms with Gasteiger partial charge in [-0.15, -0.1) is 24.0 Å². The number of halogens is 1. The first kappa shape index (κ1) is 22.8. The van der Waals surface area contributed by atoms with Crippen molar-refractivity contribution in [2.24, 2.45) is 4.99 Å². The summed E-state index contributed by atoms with van der Waals surface area (Å²) >= 11 is 0. The smallest absolute Gasteiger partial charge is 0.191 e. The molecule has 146 valence electrons. The van der Waals surface area contributed by atoms with Gasteiger partial charge in [-0.25, -0.2) is 4.99 Å². The Morgan fingerprint density at radius 2 is 2.04 bits per heavy atom. The molecule has 0 aliphatic carbocycles. The second-order valence-electron chi connectivity index (χ2n) is 6.23. The summed E-state index contributed by atoms with van der Waals surface area (Å²) in [5.74, 6) is 1.73. The maximum absolute atomic E-state index is 5.70. The average molecular weight is 472 g/mol. The maximum Gasteiger partial charge on any atom is 0.191 e. The fraction of sp³-hybridized carbons (Fsp3) is 0.550. The summed E-state index contributed by atoms with van der Waals surface area (Å²) in [5, 5.41) is 6.74. The number of rotatable bonds is 10. The van der Waals surface area contributed by atoms with Crippen molar-refractivity contribution in [1.29, 1.82) is 0 Å². The van der Waals surface area contributed by atoms with Crippen LogP contribution in [0.5, 0.6) is 5.75 Å². The Bertz CT molecular complexity index is 544. The Hall–Kier alpha value is -1.28.